The van der Waals surface area contributed by atoms with Gasteiger partial charge in [0.15, 0.2) is 5.96 Å². The first kappa shape index (κ1) is 20.2. The largest absolute Gasteiger partial charge is 0.376 e. The summed E-state index contributed by atoms with van der Waals surface area (Å²) in [4.78, 5) is 17.9. The lowest BCUT2D eigenvalue weighted by Gasteiger charge is -2.27. The highest BCUT2D eigenvalue weighted by Crippen LogP contribution is 2.21. The summed E-state index contributed by atoms with van der Waals surface area (Å²) in [7, 11) is 3.48. The summed E-state index contributed by atoms with van der Waals surface area (Å²) in [6.07, 6.45) is 2.38. The van der Waals surface area contributed by atoms with E-state index in [1.54, 1.807) is 19.0 Å². The Morgan fingerprint density at radius 3 is 2.62 bits per heavy atom. The number of benzene rings is 1. The van der Waals surface area contributed by atoms with Crippen LogP contribution in [0.5, 0.6) is 0 Å². The number of rotatable bonds is 7. The molecule has 1 amide bonds. The second-order valence-corrected chi connectivity index (χ2v) is 7.57. The molecule has 6 nitrogen and oxygen atoms in total. The molecule has 1 aromatic rings. The molecule has 0 saturated carbocycles. The Bertz CT molecular complexity index is 593. The van der Waals surface area contributed by atoms with Gasteiger partial charge in [0.05, 0.1) is 6.10 Å². The van der Waals surface area contributed by atoms with Crippen molar-refractivity contribution in [2.45, 2.75) is 38.2 Å². The zero-order chi connectivity index (χ0) is 19.0. The molecule has 2 N–H and O–H groups in total. The molecule has 144 valence electrons. The summed E-state index contributed by atoms with van der Waals surface area (Å²) in [6.45, 7) is 6.75. The van der Waals surface area contributed by atoms with Gasteiger partial charge in [0.2, 0.25) is 5.91 Å². The summed E-state index contributed by atoms with van der Waals surface area (Å²) < 4.78 is 5.66. The van der Waals surface area contributed by atoms with Crippen LogP contribution in [0.25, 0.3) is 0 Å². The molecule has 1 aromatic carbocycles. The fourth-order valence-electron chi connectivity index (χ4n) is 2.77. The van der Waals surface area contributed by atoms with Gasteiger partial charge >= 0.3 is 0 Å². The fourth-order valence-corrected chi connectivity index (χ4v) is 2.77. The maximum atomic E-state index is 11.9. The Balaban J connectivity index is 1.97. The van der Waals surface area contributed by atoms with Gasteiger partial charge in [-0.05, 0) is 18.4 Å². The molecule has 1 aliphatic rings. The summed E-state index contributed by atoms with van der Waals surface area (Å²) in [5.74, 6) is 0.630. The minimum absolute atomic E-state index is 0.0227. The lowest BCUT2D eigenvalue weighted by Crippen LogP contribution is -2.46. The minimum Gasteiger partial charge on any atom is -0.376 e. The third-order valence-corrected chi connectivity index (χ3v) is 4.65. The van der Waals surface area contributed by atoms with Crippen molar-refractivity contribution < 1.29 is 9.53 Å². The van der Waals surface area contributed by atoms with Crippen molar-refractivity contribution in [1.82, 2.24) is 15.5 Å². The Hall–Kier alpha value is -2.08. The van der Waals surface area contributed by atoms with E-state index >= 15 is 0 Å². The maximum Gasteiger partial charge on any atom is 0.243 e. The molecule has 0 spiro atoms. The van der Waals surface area contributed by atoms with E-state index < -0.39 is 0 Å². The quantitative estimate of drug-likeness (QED) is 0.574. The SMILES string of the molecule is CN(C)C(=O)CN=C(NCC1CCCO1)NCC(C)(C)c1ccccc1. The molecule has 1 fully saturated rings. The topological polar surface area (TPSA) is 66.0 Å². The molecule has 1 heterocycles. The fraction of sp³-hybridized carbons (Fsp3) is 0.600. The predicted molar refractivity (Wildman–Crippen MR) is 105 cm³/mol. The Kier molecular flexibility index (Phi) is 7.45. The first-order valence-corrected chi connectivity index (χ1v) is 9.28. The predicted octanol–water partition coefficient (Wildman–Crippen LogP) is 1.77. The highest BCUT2D eigenvalue weighted by atomic mass is 16.5. The molecule has 6 heteroatoms. The standard InChI is InChI=1S/C20H32N4O2/c1-20(2,16-9-6-5-7-10-16)15-23-19(22-14-18(25)24(3)4)21-13-17-11-8-12-26-17/h5-7,9-10,17H,8,11-15H2,1-4H3,(H2,21,22,23). The highest BCUT2D eigenvalue weighted by Gasteiger charge is 2.21. The molecule has 0 aromatic heterocycles. The molecule has 2 rings (SSSR count). The minimum atomic E-state index is -0.0564. The number of hydrogen-bond acceptors (Lipinski definition) is 3. The lowest BCUT2D eigenvalue weighted by atomic mass is 9.85. The van der Waals surface area contributed by atoms with E-state index in [9.17, 15) is 4.79 Å². The number of nitrogens with one attached hydrogen (secondary N) is 2. The molecule has 0 aliphatic carbocycles. The number of guanidine groups is 1. The van der Waals surface area contributed by atoms with Gasteiger partial charge in [0, 0.05) is 39.2 Å². The Labute approximate surface area is 157 Å². The van der Waals surface area contributed by atoms with Crippen LogP contribution in [0.2, 0.25) is 0 Å². The van der Waals surface area contributed by atoms with Crippen LogP contribution in [-0.2, 0) is 14.9 Å². The van der Waals surface area contributed by atoms with Gasteiger partial charge in [-0.1, -0.05) is 44.2 Å². The van der Waals surface area contributed by atoms with Gasteiger partial charge in [0.1, 0.15) is 6.54 Å². The summed E-state index contributed by atoms with van der Waals surface area (Å²) in [5, 5.41) is 6.71. The van der Waals surface area contributed by atoms with Crippen LogP contribution < -0.4 is 10.6 Å². The normalized spacial score (nSPS) is 17.8. The van der Waals surface area contributed by atoms with Gasteiger partial charge in [-0.25, -0.2) is 4.99 Å². The van der Waals surface area contributed by atoms with Crippen molar-refractivity contribution in [2.75, 3.05) is 40.3 Å². The summed E-state index contributed by atoms with van der Waals surface area (Å²) in [5.41, 5.74) is 1.20. The van der Waals surface area contributed by atoms with Gasteiger partial charge in [-0.15, -0.1) is 0 Å². The Morgan fingerprint density at radius 2 is 2.00 bits per heavy atom. The van der Waals surface area contributed by atoms with Crippen molar-refractivity contribution >= 4 is 11.9 Å². The molecule has 1 atom stereocenters. The second-order valence-electron chi connectivity index (χ2n) is 7.57. The van der Waals surface area contributed by atoms with E-state index in [-0.39, 0.29) is 24.0 Å². The van der Waals surface area contributed by atoms with E-state index in [0.29, 0.717) is 19.0 Å². The lowest BCUT2D eigenvalue weighted by molar-refractivity contribution is -0.127. The molecule has 1 aliphatic heterocycles. The van der Waals surface area contributed by atoms with Gasteiger partial charge in [-0.3, -0.25) is 4.79 Å². The summed E-state index contributed by atoms with van der Waals surface area (Å²) >= 11 is 0. The zero-order valence-electron chi connectivity index (χ0n) is 16.4. The van der Waals surface area contributed by atoms with Crippen LogP contribution in [0.15, 0.2) is 35.3 Å². The van der Waals surface area contributed by atoms with Crippen molar-refractivity contribution in [3.8, 4) is 0 Å². The zero-order valence-corrected chi connectivity index (χ0v) is 16.4. The molecule has 26 heavy (non-hydrogen) atoms. The average Bonchev–Trinajstić information content (AvgIpc) is 3.15. The Morgan fingerprint density at radius 1 is 1.27 bits per heavy atom. The van der Waals surface area contributed by atoms with Crippen LogP contribution in [0.4, 0.5) is 0 Å². The number of aliphatic imine (C=N–C) groups is 1. The van der Waals surface area contributed by atoms with Gasteiger partial charge in [-0.2, -0.15) is 0 Å². The molecule has 1 unspecified atom stereocenters. The number of hydrogen-bond donors (Lipinski definition) is 2. The monoisotopic (exact) mass is 360 g/mol. The number of ether oxygens (including phenoxy) is 1. The van der Waals surface area contributed by atoms with Gasteiger partial charge < -0.3 is 20.3 Å². The van der Waals surface area contributed by atoms with E-state index in [0.717, 1.165) is 19.4 Å². The number of amides is 1. The maximum absolute atomic E-state index is 11.9. The second kappa shape index (κ2) is 9.57. The summed E-state index contributed by atoms with van der Waals surface area (Å²) in [6, 6.07) is 10.4. The molecule has 0 radical (unpaired) electrons. The number of nitrogens with zero attached hydrogens (tertiary/aromatic N) is 2. The number of carbonyl (C=O) groups excluding carboxylic acids is 1. The van der Waals surface area contributed by atoms with Crippen LogP contribution in [0.3, 0.4) is 0 Å². The molecule has 0 bridgehead atoms. The van der Waals surface area contributed by atoms with Crippen molar-refractivity contribution in [3.63, 3.8) is 0 Å². The van der Waals surface area contributed by atoms with E-state index in [1.165, 1.54) is 5.56 Å². The third kappa shape index (κ3) is 6.33. The van der Waals surface area contributed by atoms with Crippen LogP contribution in [0.1, 0.15) is 32.3 Å². The van der Waals surface area contributed by atoms with E-state index in [1.807, 2.05) is 6.07 Å². The molecule has 1 saturated heterocycles. The molecular weight excluding hydrogens is 328 g/mol. The van der Waals surface area contributed by atoms with Crippen molar-refractivity contribution in [3.05, 3.63) is 35.9 Å². The average molecular weight is 361 g/mol. The first-order valence-electron chi connectivity index (χ1n) is 9.28. The first-order chi connectivity index (χ1) is 12.4. The van der Waals surface area contributed by atoms with Crippen molar-refractivity contribution in [1.29, 1.82) is 0 Å². The molecular formula is C20H32N4O2. The van der Waals surface area contributed by atoms with Gasteiger partial charge in [0.25, 0.3) is 0 Å². The highest BCUT2D eigenvalue weighted by molar-refractivity contribution is 5.84. The smallest absolute Gasteiger partial charge is 0.243 e. The van der Waals surface area contributed by atoms with Crippen molar-refractivity contribution in [2.24, 2.45) is 4.99 Å². The van der Waals surface area contributed by atoms with Crippen LogP contribution >= 0.6 is 0 Å². The number of likely N-dealkylation sites (N-methyl/N-ethyl adjacent to an activating group) is 1. The van der Waals surface area contributed by atoms with E-state index in [4.69, 9.17) is 4.74 Å². The number of carbonyl (C=O) groups is 1. The van der Waals surface area contributed by atoms with Crippen LogP contribution in [-0.4, -0.2) is 63.2 Å². The van der Waals surface area contributed by atoms with Crippen LogP contribution in [0, 0.1) is 0 Å². The van der Waals surface area contributed by atoms with E-state index in [2.05, 4.69) is 53.7 Å². The third-order valence-electron chi connectivity index (χ3n) is 4.65.